The zero-order valence-electron chi connectivity index (χ0n) is 26.4. The van der Waals surface area contributed by atoms with Crippen LogP contribution in [-0.2, 0) is 5.41 Å². The fourth-order valence-electron chi connectivity index (χ4n) is 7.97. The second-order valence-electron chi connectivity index (χ2n) is 13.2. The minimum absolute atomic E-state index is 0.313. The highest BCUT2D eigenvalue weighted by Gasteiger charge is 2.37. The van der Waals surface area contributed by atoms with E-state index in [4.69, 9.17) is 9.72 Å². The third-order valence-electron chi connectivity index (χ3n) is 10.2. The van der Waals surface area contributed by atoms with Gasteiger partial charge >= 0.3 is 0 Å². The maximum atomic E-state index is 16.7. The molecular formula is C42H29FN4O. The molecule has 0 saturated heterocycles. The van der Waals surface area contributed by atoms with Crippen molar-refractivity contribution < 1.29 is 9.13 Å². The summed E-state index contributed by atoms with van der Waals surface area (Å²) in [4.78, 5) is 9.52. The minimum Gasteiger partial charge on any atom is -0.457 e. The van der Waals surface area contributed by atoms with Crippen molar-refractivity contribution in [1.29, 1.82) is 0 Å². The first-order valence-electron chi connectivity index (χ1n) is 16.2. The maximum absolute atomic E-state index is 16.7. The van der Waals surface area contributed by atoms with E-state index in [0.717, 1.165) is 77.6 Å². The Morgan fingerprint density at radius 1 is 0.646 bits per heavy atom. The molecule has 0 aliphatic carbocycles. The molecule has 0 saturated carbocycles. The largest absolute Gasteiger partial charge is 0.457 e. The van der Waals surface area contributed by atoms with Gasteiger partial charge in [0, 0.05) is 62.4 Å². The minimum atomic E-state index is -1.34. The highest BCUT2D eigenvalue weighted by Crippen LogP contribution is 2.52. The number of aromatic nitrogens is 4. The van der Waals surface area contributed by atoms with Crippen LogP contribution < -0.4 is 4.74 Å². The highest BCUT2D eigenvalue weighted by molar-refractivity contribution is 6.12. The topological polar surface area (TPSA) is 44.4 Å². The summed E-state index contributed by atoms with van der Waals surface area (Å²) in [6, 6.07) is 38.4. The summed E-state index contributed by atoms with van der Waals surface area (Å²) in [7, 11) is 0. The maximum Gasteiger partial charge on any atom is 0.150 e. The van der Waals surface area contributed by atoms with E-state index in [1.54, 1.807) is 6.20 Å². The molecule has 5 heterocycles. The van der Waals surface area contributed by atoms with Crippen LogP contribution in [0.15, 0.2) is 134 Å². The lowest BCUT2D eigenvalue weighted by atomic mass is 9.74. The summed E-state index contributed by atoms with van der Waals surface area (Å²) in [5.74, 6) is 1.73. The van der Waals surface area contributed by atoms with Crippen molar-refractivity contribution in [2.45, 2.75) is 25.4 Å². The molecule has 230 valence electrons. The SMILES string of the molecule is CC1(C)c2ccccc2Oc2ccc3c(c21)c1cccnc1n3-c1cccc(C(F)c2ccc3c4ccccc4n4ccnc4c3c2)c1. The van der Waals surface area contributed by atoms with Gasteiger partial charge in [-0.05, 0) is 71.1 Å². The third kappa shape index (κ3) is 3.65. The zero-order chi connectivity index (χ0) is 32.1. The molecule has 1 aliphatic heterocycles. The molecule has 1 unspecified atom stereocenters. The Bertz CT molecular complexity index is 2770. The average molecular weight is 625 g/mol. The van der Waals surface area contributed by atoms with Gasteiger partial charge in [-0.2, -0.15) is 0 Å². The lowest BCUT2D eigenvalue weighted by molar-refractivity contribution is 0.402. The second-order valence-corrected chi connectivity index (χ2v) is 13.2. The molecule has 5 aromatic carbocycles. The van der Waals surface area contributed by atoms with Gasteiger partial charge in [0.05, 0.1) is 11.0 Å². The molecule has 0 N–H and O–H groups in total. The lowest BCUT2D eigenvalue weighted by Gasteiger charge is -2.35. The molecule has 10 rings (SSSR count). The first kappa shape index (κ1) is 27.1. The Morgan fingerprint density at radius 2 is 1.46 bits per heavy atom. The predicted octanol–water partition coefficient (Wildman–Crippen LogP) is 10.6. The monoisotopic (exact) mass is 624 g/mol. The van der Waals surface area contributed by atoms with Crippen LogP contribution in [0, 0.1) is 0 Å². The van der Waals surface area contributed by atoms with Crippen molar-refractivity contribution in [2.24, 2.45) is 0 Å². The molecule has 5 nitrogen and oxygen atoms in total. The number of nitrogens with zero attached hydrogens (tertiary/aromatic N) is 4. The first-order chi connectivity index (χ1) is 23.5. The summed E-state index contributed by atoms with van der Waals surface area (Å²) in [5.41, 5.74) is 7.71. The van der Waals surface area contributed by atoms with E-state index in [1.807, 2.05) is 85.2 Å². The Balaban J connectivity index is 1.14. The predicted molar refractivity (Wildman–Crippen MR) is 190 cm³/mol. The van der Waals surface area contributed by atoms with Crippen molar-refractivity contribution in [2.75, 3.05) is 0 Å². The Morgan fingerprint density at radius 3 is 2.40 bits per heavy atom. The molecule has 0 fully saturated rings. The Labute approximate surface area is 275 Å². The molecule has 0 amide bonds. The number of alkyl halides is 1. The average Bonchev–Trinajstić information content (AvgIpc) is 3.75. The molecular weight excluding hydrogens is 595 g/mol. The number of rotatable bonds is 3. The lowest BCUT2D eigenvalue weighted by Crippen LogP contribution is -2.24. The van der Waals surface area contributed by atoms with Gasteiger partial charge in [-0.25, -0.2) is 14.4 Å². The van der Waals surface area contributed by atoms with E-state index in [0.29, 0.717) is 11.1 Å². The normalized spacial score (nSPS) is 14.4. The quantitative estimate of drug-likeness (QED) is 0.184. The van der Waals surface area contributed by atoms with Crippen LogP contribution in [0.3, 0.4) is 0 Å². The van der Waals surface area contributed by atoms with Crippen LogP contribution in [0.1, 0.15) is 42.3 Å². The van der Waals surface area contributed by atoms with E-state index in [-0.39, 0.29) is 5.41 Å². The fourth-order valence-corrected chi connectivity index (χ4v) is 7.97. The van der Waals surface area contributed by atoms with E-state index in [9.17, 15) is 0 Å². The van der Waals surface area contributed by atoms with Gasteiger partial charge in [0.25, 0.3) is 0 Å². The molecule has 1 aliphatic rings. The number of hydrogen-bond donors (Lipinski definition) is 0. The standard InChI is InChI=1S/C42H29FN4O/c1-42(2)32-13-4-6-15-35(32)48-36-19-18-34-37(38(36)42)30-12-8-20-44-41(30)47(34)27-10-7-9-25(23-27)39(43)26-16-17-28-29-11-3-5-14-33(29)46-22-21-45-40(46)31(28)24-26/h3-24,39H,1-2H3. The first-order valence-corrected chi connectivity index (χ1v) is 16.2. The molecule has 9 aromatic rings. The smallest absolute Gasteiger partial charge is 0.150 e. The fraction of sp³-hybridized carbons (Fsp3) is 0.0952. The summed E-state index contributed by atoms with van der Waals surface area (Å²) in [6.07, 6.45) is 4.24. The summed E-state index contributed by atoms with van der Waals surface area (Å²) >= 11 is 0. The Kier molecular flexibility index (Phi) is 5.51. The van der Waals surface area contributed by atoms with E-state index < -0.39 is 6.17 Å². The number of para-hydroxylation sites is 2. The molecule has 0 spiro atoms. The van der Waals surface area contributed by atoms with Gasteiger partial charge in [0.2, 0.25) is 0 Å². The number of imidazole rings is 1. The van der Waals surface area contributed by atoms with Gasteiger partial charge in [-0.1, -0.05) is 74.5 Å². The number of ether oxygens (including phenoxy) is 1. The second kappa shape index (κ2) is 9.75. The molecule has 1 atom stereocenters. The van der Waals surface area contributed by atoms with Crippen molar-refractivity contribution in [1.82, 2.24) is 18.9 Å². The van der Waals surface area contributed by atoms with Gasteiger partial charge < -0.3 is 4.74 Å². The number of hydrogen-bond acceptors (Lipinski definition) is 3. The molecule has 0 radical (unpaired) electrons. The van der Waals surface area contributed by atoms with Crippen molar-refractivity contribution in [3.63, 3.8) is 0 Å². The molecule has 6 heteroatoms. The van der Waals surface area contributed by atoms with Crippen LogP contribution in [0.4, 0.5) is 4.39 Å². The van der Waals surface area contributed by atoms with Crippen LogP contribution in [-0.4, -0.2) is 18.9 Å². The number of halogens is 1. The van der Waals surface area contributed by atoms with Gasteiger partial charge in [-0.15, -0.1) is 0 Å². The van der Waals surface area contributed by atoms with Crippen molar-refractivity contribution >= 4 is 49.3 Å². The summed E-state index contributed by atoms with van der Waals surface area (Å²) in [6.45, 7) is 4.51. The number of benzene rings is 5. The highest BCUT2D eigenvalue weighted by atomic mass is 19.1. The van der Waals surface area contributed by atoms with Gasteiger partial charge in [0.1, 0.15) is 22.8 Å². The zero-order valence-corrected chi connectivity index (χ0v) is 26.4. The molecule has 0 bridgehead atoms. The molecule has 48 heavy (non-hydrogen) atoms. The van der Waals surface area contributed by atoms with Crippen LogP contribution in [0.5, 0.6) is 11.5 Å². The van der Waals surface area contributed by atoms with Crippen LogP contribution in [0.25, 0.3) is 54.9 Å². The van der Waals surface area contributed by atoms with Crippen molar-refractivity contribution in [3.05, 3.63) is 156 Å². The number of fused-ring (bicyclic) bond motifs is 12. The summed E-state index contributed by atoms with van der Waals surface area (Å²) in [5, 5.41) is 5.23. The van der Waals surface area contributed by atoms with E-state index >= 15 is 4.39 Å². The molecule has 4 aromatic heterocycles. The van der Waals surface area contributed by atoms with Gasteiger partial charge in [-0.3, -0.25) is 8.97 Å². The van der Waals surface area contributed by atoms with Crippen LogP contribution in [0.2, 0.25) is 0 Å². The van der Waals surface area contributed by atoms with E-state index in [1.165, 1.54) is 0 Å². The van der Waals surface area contributed by atoms with Gasteiger partial charge in [0.15, 0.2) is 6.17 Å². The number of pyridine rings is 2. The third-order valence-corrected chi connectivity index (χ3v) is 10.2. The summed E-state index contributed by atoms with van der Waals surface area (Å²) < 4.78 is 27.4. The van der Waals surface area contributed by atoms with Crippen molar-refractivity contribution in [3.8, 4) is 17.2 Å². The Hall–Kier alpha value is -6.01. The van der Waals surface area contributed by atoms with Crippen LogP contribution >= 0.6 is 0 Å². The van der Waals surface area contributed by atoms with E-state index in [2.05, 4.69) is 70.3 Å².